The van der Waals surface area contributed by atoms with Gasteiger partial charge < -0.3 is 5.32 Å². The van der Waals surface area contributed by atoms with Gasteiger partial charge in [0.2, 0.25) is 0 Å². The van der Waals surface area contributed by atoms with Crippen molar-refractivity contribution < 1.29 is 9.18 Å². The molecule has 4 heteroatoms. The number of rotatable bonds is 2. The number of fused-ring (bicyclic) bond motifs is 1. The van der Waals surface area contributed by atoms with Crippen molar-refractivity contribution in [3.05, 3.63) is 69.4 Å². The molecule has 2 nitrogen and oxygen atoms in total. The van der Waals surface area contributed by atoms with Gasteiger partial charge in [-0.2, -0.15) is 0 Å². The zero-order chi connectivity index (χ0) is 14.1. The number of carbonyl (C=O) groups is 1. The normalized spacial score (nSPS) is 16.8. The average molecular weight is 334 g/mol. The molecule has 1 atom stereocenters. The van der Waals surface area contributed by atoms with Gasteiger partial charge in [-0.3, -0.25) is 4.79 Å². The van der Waals surface area contributed by atoms with Gasteiger partial charge in [-0.05, 0) is 60.4 Å². The molecule has 1 N–H and O–H groups in total. The smallest absolute Gasteiger partial charge is 0.251 e. The maximum absolute atomic E-state index is 12.9. The quantitative estimate of drug-likeness (QED) is 0.884. The topological polar surface area (TPSA) is 29.1 Å². The Morgan fingerprint density at radius 2 is 1.95 bits per heavy atom. The molecular formula is C16H13BrFNO. The zero-order valence-electron chi connectivity index (χ0n) is 10.7. The van der Waals surface area contributed by atoms with Gasteiger partial charge >= 0.3 is 0 Å². The van der Waals surface area contributed by atoms with Gasteiger partial charge in [0.25, 0.3) is 5.91 Å². The van der Waals surface area contributed by atoms with E-state index < -0.39 is 0 Å². The summed E-state index contributed by atoms with van der Waals surface area (Å²) in [7, 11) is 0. The first kappa shape index (κ1) is 13.3. The minimum atomic E-state index is -0.336. The molecule has 0 spiro atoms. The first-order valence-electron chi connectivity index (χ1n) is 6.48. The average Bonchev–Trinajstić information content (AvgIpc) is 2.81. The Balaban J connectivity index is 1.77. The van der Waals surface area contributed by atoms with Crippen molar-refractivity contribution >= 4 is 21.8 Å². The summed E-state index contributed by atoms with van der Waals surface area (Å²) in [6.45, 7) is 0. The lowest BCUT2D eigenvalue weighted by molar-refractivity contribution is 0.0936. The summed E-state index contributed by atoms with van der Waals surface area (Å²) in [5.74, 6) is -0.497. The second-order valence-corrected chi connectivity index (χ2v) is 5.83. The van der Waals surface area contributed by atoms with Crippen LogP contribution in [0.2, 0.25) is 0 Å². The molecular weight excluding hydrogens is 321 g/mol. The molecule has 0 saturated heterocycles. The van der Waals surface area contributed by atoms with E-state index in [9.17, 15) is 9.18 Å². The second-order valence-electron chi connectivity index (χ2n) is 4.91. The van der Waals surface area contributed by atoms with Gasteiger partial charge in [0, 0.05) is 10.0 Å². The van der Waals surface area contributed by atoms with Crippen LogP contribution in [0.4, 0.5) is 4.39 Å². The molecule has 0 saturated carbocycles. The van der Waals surface area contributed by atoms with Crippen LogP contribution in [0.1, 0.15) is 33.9 Å². The van der Waals surface area contributed by atoms with E-state index in [1.807, 2.05) is 12.1 Å². The Bertz CT molecular complexity index is 654. The number of halogens is 2. The molecule has 0 heterocycles. The lowest BCUT2D eigenvalue weighted by atomic mass is 10.1. The van der Waals surface area contributed by atoms with Crippen LogP contribution in [0, 0.1) is 5.82 Å². The van der Waals surface area contributed by atoms with Crippen molar-refractivity contribution in [2.24, 2.45) is 0 Å². The molecule has 1 aliphatic rings. The molecule has 3 rings (SSSR count). The number of amides is 1. The number of hydrogen-bond acceptors (Lipinski definition) is 1. The van der Waals surface area contributed by atoms with Crippen LogP contribution < -0.4 is 5.32 Å². The number of benzene rings is 2. The fourth-order valence-electron chi connectivity index (χ4n) is 2.58. The second kappa shape index (κ2) is 5.37. The first-order valence-corrected chi connectivity index (χ1v) is 7.27. The van der Waals surface area contributed by atoms with Crippen LogP contribution in [0.15, 0.2) is 46.9 Å². The van der Waals surface area contributed by atoms with E-state index in [0.717, 1.165) is 17.3 Å². The summed E-state index contributed by atoms with van der Waals surface area (Å²) < 4.78 is 13.9. The predicted octanol–water partition coefficient (Wildman–Crippen LogP) is 4.01. The highest BCUT2D eigenvalue weighted by Gasteiger charge is 2.24. The lowest BCUT2D eigenvalue weighted by Gasteiger charge is -2.14. The van der Waals surface area contributed by atoms with Crippen LogP contribution in [0.3, 0.4) is 0 Å². The molecule has 1 aliphatic carbocycles. The predicted molar refractivity (Wildman–Crippen MR) is 79.1 cm³/mol. The van der Waals surface area contributed by atoms with Gasteiger partial charge in [-0.15, -0.1) is 0 Å². The van der Waals surface area contributed by atoms with E-state index in [2.05, 4.69) is 27.3 Å². The summed E-state index contributed by atoms with van der Waals surface area (Å²) >= 11 is 3.46. The van der Waals surface area contributed by atoms with E-state index in [0.29, 0.717) is 5.56 Å². The molecule has 0 fully saturated rings. The Hall–Kier alpha value is -1.68. The molecule has 1 unspecified atom stereocenters. The number of hydrogen-bond donors (Lipinski definition) is 1. The molecule has 0 bridgehead atoms. The molecule has 20 heavy (non-hydrogen) atoms. The molecule has 2 aromatic carbocycles. The Morgan fingerprint density at radius 1 is 1.20 bits per heavy atom. The SMILES string of the molecule is O=C(NC1CCc2cc(Br)ccc21)c1ccc(F)cc1. The Kier molecular flexibility index (Phi) is 3.57. The molecule has 0 aromatic heterocycles. The summed E-state index contributed by atoms with van der Waals surface area (Å²) in [6.07, 6.45) is 1.86. The largest absolute Gasteiger partial charge is 0.345 e. The molecule has 0 radical (unpaired) electrons. The molecule has 2 aromatic rings. The van der Waals surface area contributed by atoms with E-state index in [4.69, 9.17) is 0 Å². The van der Waals surface area contributed by atoms with Gasteiger partial charge in [-0.25, -0.2) is 4.39 Å². The van der Waals surface area contributed by atoms with Crippen molar-refractivity contribution in [2.75, 3.05) is 0 Å². The van der Waals surface area contributed by atoms with Crippen LogP contribution >= 0.6 is 15.9 Å². The van der Waals surface area contributed by atoms with Gasteiger partial charge in [0.05, 0.1) is 6.04 Å². The monoisotopic (exact) mass is 333 g/mol. The standard InChI is InChI=1S/C16H13BrFNO/c17-12-4-7-14-11(9-12)3-8-15(14)19-16(20)10-1-5-13(18)6-2-10/h1-2,4-7,9,15H,3,8H2,(H,19,20). The lowest BCUT2D eigenvalue weighted by Crippen LogP contribution is -2.27. The highest BCUT2D eigenvalue weighted by molar-refractivity contribution is 9.10. The number of nitrogens with one attached hydrogen (secondary N) is 1. The highest BCUT2D eigenvalue weighted by atomic mass is 79.9. The fourth-order valence-corrected chi connectivity index (χ4v) is 2.99. The zero-order valence-corrected chi connectivity index (χ0v) is 12.3. The third-order valence-corrected chi connectivity index (χ3v) is 4.09. The van der Waals surface area contributed by atoms with E-state index in [1.54, 1.807) is 0 Å². The van der Waals surface area contributed by atoms with Crippen molar-refractivity contribution in [3.8, 4) is 0 Å². The summed E-state index contributed by atoms with van der Waals surface area (Å²) in [5.41, 5.74) is 2.92. The first-order chi connectivity index (χ1) is 9.63. The Labute approximate surface area is 125 Å². The number of carbonyl (C=O) groups excluding carboxylic acids is 1. The van der Waals surface area contributed by atoms with E-state index in [1.165, 1.54) is 35.4 Å². The van der Waals surface area contributed by atoms with Crippen LogP contribution in [-0.2, 0) is 6.42 Å². The van der Waals surface area contributed by atoms with Gasteiger partial charge in [-0.1, -0.05) is 22.0 Å². The summed E-state index contributed by atoms with van der Waals surface area (Å²) in [6, 6.07) is 11.8. The minimum Gasteiger partial charge on any atom is -0.345 e. The van der Waals surface area contributed by atoms with Gasteiger partial charge in [0.1, 0.15) is 5.82 Å². The van der Waals surface area contributed by atoms with Crippen LogP contribution in [0.5, 0.6) is 0 Å². The minimum absolute atomic E-state index is 0.0376. The van der Waals surface area contributed by atoms with Crippen LogP contribution in [-0.4, -0.2) is 5.91 Å². The number of aryl methyl sites for hydroxylation is 1. The third kappa shape index (κ3) is 2.61. The molecule has 102 valence electrons. The van der Waals surface area contributed by atoms with Crippen molar-refractivity contribution in [1.29, 1.82) is 0 Å². The third-order valence-electron chi connectivity index (χ3n) is 3.59. The van der Waals surface area contributed by atoms with E-state index in [-0.39, 0.29) is 17.8 Å². The molecule has 0 aliphatic heterocycles. The van der Waals surface area contributed by atoms with Crippen molar-refractivity contribution in [3.63, 3.8) is 0 Å². The maximum atomic E-state index is 12.9. The van der Waals surface area contributed by atoms with Crippen LogP contribution in [0.25, 0.3) is 0 Å². The summed E-state index contributed by atoms with van der Waals surface area (Å²) in [4.78, 5) is 12.1. The molecule has 1 amide bonds. The van der Waals surface area contributed by atoms with Crippen molar-refractivity contribution in [2.45, 2.75) is 18.9 Å². The Morgan fingerprint density at radius 3 is 2.70 bits per heavy atom. The summed E-state index contributed by atoms with van der Waals surface area (Å²) in [5, 5.41) is 3.01. The fraction of sp³-hybridized carbons (Fsp3) is 0.188. The highest BCUT2D eigenvalue weighted by Crippen LogP contribution is 2.33. The van der Waals surface area contributed by atoms with E-state index >= 15 is 0 Å². The van der Waals surface area contributed by atoms with Gasteiger partial charge in [0.15, 0.2) is 0 Å². The van der Waals surface area contributed by atoms with Crippen molar-refractivity contribution in [1.82, 2.24) is 5.32 Å². The maximum Gasteiger partial charge on any atom is 0.251 e.